The number of hydrogen-bond acceptors (Lipinski definition) is 4. The summed E-state index contributed by atoms with van der Waals surface area (Å²) in [6, 6.07) is 5.44. The molecular formula is C11H7ClN2O4. The third-order valence-electron chi connectivity index (χ3n) is 2.12. The van der Waals surface area contributed by atoms with Crippen LogP contribution in [0.25, 0.3) is 0 Å². The molecule has 0 aliphatic carbocycles. The van der Waals surface area contributed by atoms with Crippen molar-refractivity contribution in [3.8, 4) is 0 Å². The summed E-state index contributed by atoms with van der Waals surface area (Å²) in [5, 5.41) is 15.1. The van der Waals surface area contributed by atoms with Gasteiger partial charge in [-0.15, -0.1) is 0 Å². The molecule has 1 aromatic heterocycles. The van der Waals surface area contributed by atoms with Crippen molar-refractivity contribution in [3.05, 3.63) is 46.8 Å². The van der Waals surface area contributed by atoms with Crippen molar-refractivity contribution in [2.24, 2.45) is 0 Å². The molecule has 1 aromatic carbocycles. The fourth-order valence-corrected chi connectivity index (χ4v) is 1.50. The molecule has 0 aliphatic heterocycles. The van der Waals surface area contributed by atoms with Gasteiger partial charge in [-0.05, 0) is 18.2 Å². The van der Waals surface area contributed by atoms with Gasteiger partial charge < -0.3 is 14.9 Å². The fourth-order valence-electron chi connectivity index (χ4n) is 1.32. The Morgan fingerprint density at radius 1 is 1.33 bits per heavy atom. The summed E-state index contributed by atoms with van der Waals surface area (Å²) in [6.45, 7) is 0. The Balaban J connectivity index is 2.31. The molecular weight excluding hydrogens is 260 g/mol. The lowest BCUT2D eigenvalue weighted by atomic mass is 10.1. The standard InChI is InChI=1S/C11H7ClN2O4/c12-6-1-2-7(11(16)17)8(5-6)14-10(15)9-3-4-13-18-9/h1-5H,(H,14,15)(H,16,17). The molecule has 0 bridgehead atoms. The number of hydrogen-bond donors (Lipinski definition) is 2. The second-order valence-corrected chi connectivity index (χ2v) is 3.76. The second kappa shape index (κ2) is 4.89. The van der Waals surface area contributed by atoms with Gasteiger partial charge in [-0.1, -0.05) is 16.8 Å². The van der Waals surface area contributed by atoms with Crippen molar-refractivity contribution >= 4 is 29.2 Å². The zero-order chi connectivity index (χ0) is 13.1. The lowest BCUT2D eigenvalue weighted by Crippen LogP contribution is -2.14. The van der Waals surface area contributed by atoms with Gasteiger partial charge in [-0.2, -0.15) is 0 Å². The van der Waals surface area contributed by atoms with Crippen LogP contribution >= 0.6 is 11.6 Å². The molecule has 2 rings (SSSR count). The Morgan fingerprint density at radius 3 is 2.72 bits per heavy atom. The molecule has 0 atom stereocenters. The monoisotopic (exact) mass is 266 g/mol. The highest BCUT2D eigenvalue weighted by Gasteiger charge is 2.15. The molecule has 0 spiro atoms. The number of nitrogens with zero attached hydrogens (tertiary/aromatic N) is 1. The Kier molecular flexibility index (Phi) is 3.29. The van der Waals surface area contributed by atoms with Gasteiger partial charge in [0.15, 0.2) is 0 Å². The summed E-state index contributed by atoms with van der Waals surface area (Å²) in [5.41, 5.74) is 0.0312. The summed E-state index contributed by atoms with van der Waals surface area (Å²) in [4.78, 5) is 22.7. The van der Waals surface area contributed by atoms with Crippen LogP contribution in [0, 0.1) is 0 Å². The number of aromatic carboxylic acids is 1. The molecule has 1 heterocycles. The minimum absolute atomic E-state index is 0.0219. The first-order chi connectivity index (χ1) is 8.58. The van der Waals surface area contributed by atoms with E-state index in [1.807, 2.05) is 0 Å². The molecule has 7 heteroatoms. The van der Waals surface area contributed by atoms with Gasteiger partial charge in [0.05, 0.1) is 17.4 Å². The normalized spacial score (nSPS) is 10.1. The molecule has 0 unspecified atom stereocenters. The number of benzene rings is 1. The van der Waals surface area contributed by atoms with Crippen molar-refractivity contribution in [2.45, 2.75) is 0 Å². The first-order valence-electron chi connectivity index (χ1n) is 4.83. The zero-order valence-electron chi connectivity index (χ0n) is 8.88. The van der Waals surface area contributed by atoms with Crippen molar-refractivity contribution in [1.29, 1.82) is 0 Å². The van der Waals surface area contributed by atoms with E-state index in [2.05, 4.69) is 15.0 Å². The number of carboxylic acid groups (broad SMARTS) is 1. The van der Waals surface area contributed by atoms with E-state index >= 15 is 0 Å². The van der Waals surface area contributed by atoms with Crippen molar-refractivity contribution in [1.82, 2.24) is 5.16 Å². The maximum atomic E-state index is 11.7. The number of rotatable bonds is 3. The molecule has 0 saturated carbocycles. The van der Waals surface area contributed by atoms with Gasteiger partial charge in [-0.25, -0.2) is 4.79 Å². The molecule has 2 aromatic rings. The quantitative estimate of drug-likeness (QED) is 0.889. The zero-order valence-corrected chi connectivity index (χ0v) is 9.64. The average molecular weight is 267 g/mol. The number of nitrogens with one attached hydrogen (secondary N) is 1. The third kappa shape index (κ3) is 2.49. The van der Waals surface area contributed by atoms with Gasteiger partial charge in [0.2, 0.25) is 5.76 Å². The third-order valence-corrected chi connectivity index (χ3v) is 2.36. The van der Waals surface area contributed by atoms with Gasteiger partial charge in [-0.3, -0.25) is 4.79 Å². The molecule has 0 aliphatic rings. The predicted molar refractivity (Wildman–Crippen MR) is 62.9 cm³/mol. The van der Waals surface area contributed by atoms with E-state index in [1.165, 1.54) is 30.5 Å². The Bertz CT molecular complexity index is 595. The van der Waals surface area contributed by atoms with Crippen LogP contribution in [0.1, 0.15) is 20.9 Å². The van der Waals surface area contributed by atoms with Crippen LogP contribution in [0.4, 0.5) is 5.69 Å². The number of carbonyl (C=O) groups excluding carboxylic acids is 1. The Morgan fingerprint density at radius 2 is 2.11 bits per heavy atom. The molecule has 18 heavy (non-hydrogen) atoms. The summed E-state index contributed by atoms with van der Waals surface area (Å²) < 4.78 is 4.66. The number of carboxylic acids is 1. The van der Waals surface area contributed by atoms with Crippen LogP contribution < -0.4 is 5.32 Å². The highest BCUT2D eigenvalue weighted by atomic mass is 35.5. The Labute approximate surface area is 106 Å². The van der Waals surface area contributed by atoms with Gasteiger partial charge in [0, 0.05) is 11.1 Å². The van der Waals surface area contributed by atoms with E-state index in [4.69, 9.17) is 16.7 Å². The summed E-state index contributed by atoms with van der Waals surface area (Å²) in [6.07, 6.45) is 1.31. The van der Waals surface area contributed by atoms with Gasteiger partial charge in [0.1, 0.15) is 0 Å². The molecule has 0 fully saturated rings. The lowest BCUT2D eigenvalue weighted by Gasteiger charge is -2.07. The smallest absolute Gasteiger partial charge is 0.337 e. The largest absolute Gasteiger partial charge is 0.478 e. The Hall–Kier alpha value is -2.34. The lowest BCUT2D eigenvalue weighted by molar-refractivity contribution is 0.0698. The summed E-state index contributed by atoms with van der Waals surface area (Å²) in [7, 11) is 0. The van der Waals surface area contributed by atoms with Gasteiger partial charge >= 0.3 is 5.97 Å². The van der Waals surface area contributed by atoms with E-state index in [0.717, 1.165) is 0 Å². The molecule has 92 valence electrons. The molecule has 1 amide bonds. The van der Waals surface area contributed by atoms with Crippen LogP contribution in [-0.2, 0) is 0 Å². The minimum atomic E-state index is -1.17. The van der Waals surface area contributed by atoms with Crippen molar-refractivity contribution in [3.63, 3.8) is 0 Å². The highest BCUT2D eigenvalue weighted by molar-refractivity contribution is 6.31. The van der Waals surface area contributed by atoms with E-state index in [9.17, 15) is 9.59 Å². The number of halogens is 1. The van der Waals surface area contributed by atoms with Crippen LogP contribution in [-0.4, -0.2) is 22.1 Å². The molecule has 0 saturated heterocycles. The van der Waals surface area contributed by atoms with Gasteiger partial charge in [0.25, 0.3) is 5.91 Å². The van der Waals surface area contributed by atoms with Crippen molar-refractivity contribution in [2.75, 3.05) is 5.32 Å². The van der Waals surface area contributed by atoms with Crippen LogP contribution in [0.2, 0.25) is 5.02 Å². The number of aromatic nitrogens is 1. The van der Waals surface area contributed by atoms with E-state index in [1.54, 1.807) is 0 Å². The molecule has 2 N–H and O–H groups in total. The van der Waals surface area contributed by atoms with E-state index in [0.29, 0.717) is 5.02 Å². The summed E-state index contributed by atoms with van der Waals surface area (Å²) in [5.74, 6) is -1.79. The molecule has 6 nitrogen and oxygen atoms in total. The topological polar surface area (TPSA) is 92.4 Å². The fraction of sp³-hybridized carbons (Fsp3) is 0. The number of anilines is 1. The maximum absolute atomic E-state index is 11.7. The predicted octanol–water partition coefficient (Wildman–Crippen LogP) is 2.28. The maximum Gasteiger partial charge on any atom is 0.337 e. The molecule has 0 radical (unpaired) electrons. The first kappa shape index (κ1) is 12.1. The second-order valence-electron chi connectivity index (χ2n) is 3.33. The number of amides is 1. The van der Waals surface area contributed by atoms with Crippen LogP contribution in [0.5, 0.6) is 0 Å². The van der Waals surface area contributed by atoms with Crippen molar-refractivity contribution < 1.29 is 19.2 Å². The van der Waals surface area contributed by atoms with E-state index < -0.39 is 11.9 Å². The van der Waals surface area contributed by atoms with E-state index in [-0.39, 0.29) is 17.0 Å². The first-order valence-corrected chi connectivity index (χ1v) is 5.20. The average Bonchev–Trinajstić information content (AvgIpc) is 2.81. The van der Waals surface area contributed by atoms with Crippen LogP contribution in [0.15, 0.2) is 35.0 Å². The minimum Gasteiger partial charge on any atom is -0.478 e. The summed E-state index contributed by atoms with van der Waals surface area (Å²) >= 11 is 5.75. The number of carbonyl (C=O) groups is 2. The van der Waals surface area contributed by atoms with Crippen LogP contribution in [0.3, 0.4) is 0 Å². The highest BCUT2D eigenvalue weighted by Crippen LogP contribution is 2.21. The SMILES string of the molecule is O=C(Nc1cc(Cl)ccc1C(=O)O)c1ccno1.